The molecule has 306 valence electrons. The maximum Gasteiger partial charge on any atom is 0.255 e. The van der Waals surface area contributed by atoms with Crippen LogP contribution in [0.4, 0.5) is 15.8 Å². The van der Waals surface area contributed by atoms with Gasteiger partial charge in [-0.2, -0.15) is 0 Å². The SMILES string of the molecule is [C-]#[N+]c1ccc(OC2C(C)(C)C(NC(=O)c3ccc(CCCCCCN4CCN(c5cc6c(cc5F)CN(C5CCC(=O)NC5=O)C6=O)CC4)nc3)C2(C)C)cc1Cl. The Morgan fingerprint density at radius 2 is 1.76 bits per heavy atom. The Morgan fingerprint density at radius 3 is 2.43 bits per heavy atom. The van der Waals surface area contributed by atoms with E-state index in [1.165, 1.54) is 11.0 Å². The Labute approximate surface area is 344 Å². The van der Waals surface area contributed by atoms with Gasteiger partial charge in [-0.25, -0.2) is 9.24 Å². The number of carbonyl (C=O) groups excluding carboxylic acids is 4. The van der Waals surface area contributed by atoms with Crippen molar-refractivity contribution >= 4 is 46.6 Å². The zero-order chi connectivity index (χ0) is 41.4. The maximum atomic E-state index is 15.3. The minimum absolute atomic E-state index is 0.139. The van der Waals surface area contributed by atoms with Crippen molar-refractivity contribution in [2.45, 2.75) is 97.4 Å². The van der Waals surface area contributed by atoms with Gasteiger partial charge in [-0.05, 0) is 74.2 Å². The molecule has 7 rings (SSSR count). The normalized spacial score (nSPS) is 22.5. The van der Waals surface area contributed by atoms with Crippen LogP contribution in [-0.2, 0) is 22.6 Å². The van der Waals surface area contributed by atoms with Crippen LogP contribution in [0.5, 0.6) is 5.75 Å². The molecule has 4 amide bonds. The smallest absolute Gasteiger partial charge is 0.255 e. The molecule has 2 aromatic carbocycles. The van der Waals surface area contributed by atoms with Gasteiger partial charge in [0.15, 0.2) is 0 Å². The third-order valence-electron chi connectivity index (χ3n) is 12.5. The number of hydrogen-bond acceptors (Lipinski definition) is 8. The van der Waals surface area contributed by atoms with Gasteiger partial charge in [0.1, 0.15) is 23.7 Å². The van der Waals surface area contributed by atoms with Crippen LogP contribution < -0.4 is 20.3 Å². The van der Waals surface area contributed by atoms with Crippen molar-refractivity contribution in [1.29, 1.82) is 0 Å². The van der Waals surface area contributed by atoms with Crippen LogP contribution in [0.15, 0.2) is 48.7 Å². The number of benzene rings is 2. The molecule has 0 radical (unpaired) electrons. The predicted octanol–water partition coefficient (Wildman–Crippen LogP) is 6.72. The average Bonchev–Trinajstić information content (AvgIpc) is 3.51. The van der Waals surface area contributed by atoms with E-state index < -0.39 is 11.9 Å². The summed E-state index contributed by atoms with van der Waals surface area (Å²) in [6, 6.07) is 11.0. The number of aryl methyl sites for hydroxylation is 1. The van der Waals surface area contributed by atoms with E-state index in [9.17, 15) is 19.2 Å². The summed E-state index contributed by atoms with van der Waals surface area (Å²) in [6.07, 6.45) is 6.97. The second-order valence-electron chi connectivity index (χ2n) is 17.2. The standard InChI is InChI=1S/C44H51ClFN7O5/c1-43(2)41(44(3,4)42(43)58-30-13-14-34(47-5)32(45)23-30)50-38(55)27-11-12-29(48-25-27)10-8-6-7-9-17-51-18-20-52(21-19-51)36-24-31-28(22-33(36)46)26-53(40(31)57)35-15-16-37(54)49-39(35)56/h11-14,22-25,35,41-42H,6-10,15-21,26H2,1-4H3,(H,50,55)(H,49,54,56). The summed E-state index contributed by atoms with van der Waals surface area (Å²) in [6.45, 7) is 19.6. The van der Waals surface area contributed by atoms with Crippen molar-refractivity contribution in [3.8, 4) is 5.75 Å². The second kappa shape index (κ2) is 16.7. The maximum absolute atomic E-state index is 15.3. The molecular formula is C44H51ClFN7O5. The number of unbranched alkanes of at least 4 members (excludes halogenated alkanes) is 3. The van der Waals surface area contributed by atoms with Crippen molar-refractivity contribution in [1.82, 2.24) is 25.4 Å². The highest BCUT2D eigenvalue weighted by Crippen LogP contribution is 2.55. The van der Waals surface area contributed by atoms with Crippen LogP contribution in [0.25, 0.3) is 4.85 Å². The number of nitrogens with zero attached hydrogens (tertiary/aromatic N) is 5. The quantitative estimate of drug-likeness (QED) is 0.111. The van der Waals surface area contributed by atoms with E-state index in [0.717, 1.165) is 57.4 Å². The number of piperidine rings is 1. The highest BCUT2D eigenvalue weighted by molar-refractivity contribution is 6.33. The van der Waals surface area contributed by atoms with Crippen LogP contribution in [0.3, 0.4) is 0 Å². The number of aromatic nitrogens is 1. The lowest BCUT2D eigenvalue weighted by atomic mass is 9.49. The number of piperazine rings is 1. The molecule has 0 bridgehead atoms. The molecule has 58 heavy (non-hydrogen) atoms. The Hall–Kier alpha value is -5.06. The van der Waals surface area contributed by atoms with E-state index in [1.807, 2.05) is 17.0 Å². The van der Waals surface area contributed by atoms with Gasteiger partial charge in [-0.3, -0.25) is 34.4 Å². The van der Waals surface area contributed by atoms with Crippen molar-refractivity contribution in [2.24, 2.45) is 10.8 Å². The third kappa shape index (κ3) is 8.27. The third-order valence-corrected chi connectivity index (χ3v) is 12.8. The number of rotatable bonds is 13. The second-order valence-corrected chi connectivity index (χ2v) is 17.6. The first-order valence-electron chi connectivity index (χ1n) is 20.2. The van der Waals surface area contributed by atoms with Crippen LogP contribution >= 0.6 is 11.6 Å². The number of halogens is 2. The lowest BCUT2D eigenvalue weighted by Crippen LogP contribution is -2.74. The highest BCUT2D eigenvalue weighted by atomic mass is 35.5. The van der Waals surface area contributed by atoms with Gasteiger partial charge in [0, 0.05) is 73.5 Å². The summed E-state index contributed by atoms with van der Waals surface area (Å²) in [5.74, 6) is -1.05. The van der Waals surface area contributed by atoms with Gasteiger partial charge in [0.2, 0.25) is 17.5 Å². The topological polar surface area (TPSA) is 129 Å². The summed E-state index contributed by atoms with van der Waals surface area (Å²) in [7, 11) is 0. The summed E-state index contributed by atoms with van der Waals surface area (Å²) in [5, 5.41) is 5.88. The zero-order valence-electron chi connectivity index (χ0n) is 33.6. The van der Waals surface area contributed by atoms with Crippen LogP contribution in [-0.4, -0.2) is 89.3 Å². The number of fused-ring (bicyclic) bond motifs is 1. The molecule has 12 nitrogen and oxygen atoms in total. The monoisotopic (exact) mass is 811 g/mol. The first-order valence-corrected chi connectivity index (χ1v) is 20.6. The van der Waals surface area contributed by atoms with E-state index in [1.54, 1.807) is 30.5 Å². The molecule has 1 aliphatic carbocycles. The summed E-state index contributed by atoms with van der Waals surface area (Å²) >= 11 is 6.24. The number of amides is 4. The zero-order valence-corrected chi connectivity index (χ0v) is 34.3. The Morgan fingerprint density at radius 1 is 1.02 bits per heavy atom. The minimum atomic E-state index is -0.725. The Kier molecular flexibility index (Phi) is 11.8. The molecule has 2 N–H and O–H groups in total. The number of anilines is 1. The molecule has 3 aromatic rings. The van der Waals surface area contributed by atoms with E-state index in [2.05, 4.69) is 53.1 Å². The first-order chi connectivity index (χ1) is 27.7. The molecule has 1 unspecified atom stereocenters. The van der Waals surface area contributed by atoms with E-state index in [4.69, 9.17) is 22.9 Å². The molecule has 2 saturated heterocycles. The lowest BCUT2D eigenvalue weighted by Gasteiger charge is -2.63. The molecule has 0 spiro atoms. The van der Waals surface area contributed by atoms with Gasteiger partial charge in [-0.1, -0.05) is 58.2 Å². The molecule has 3 fully saturated rings. The predicted molar refractivity (Wildman–Crippen MR) is 218 cm³/mol. The fourth-order valence-electron chi connectivity index (χ4n) is 9.53. The van der Waals surface area contributed by atoms with Gasteiger partial charge in [0.05, 0.1) is 22.8 Å². The number of imide groups is 1. The summed E-state index contributed by atoms with van der Waals surface area (Å²) < 4.78 is 21.7. The van der Waals surface area contributed by atoms with Gasteiger partial charge >= 0.3 is 0 Å². The van der Waals surface area contributed by atoms with E-state index in [-0.39, 0.29) is 65.9 Å². The Bertz CT molecular complexity index is 2110. The molecule has 4 aliphatic rings. The summed E-state index contributed by atoms with van der Waals surface area (Å²) in [4.78, 5) is 64.4. The number of pyridine rings is 1. The molecule has 14 heteroatoms. The van der Waals surface area contributed by atoms with Crippen molar-refractivity contribution in [2.75, 3.05) is 37.6 Å². The minimum Gasteiger partial charge on any atom is -0.489 e. The van der Waals surface area contributed by atoms with Crippen LogP contribution in [0, 0.1) is 23.2 Å². The molecule has 1 saturated carbocycles. The average molecular weight is 812 g/mol. The van der Waals surface area contributed by atoms with Crippen LogP contribution in [0.2, 0.25) is 5.02 Å². The van der Waals surface area contributed by atoms with Crippen molar-refractivity contribution < 1.29 is 28.3 Å². The van der Waals surface area contributed by atoms with Gasteiger partial charge in [-0.15, -0.1) is 0 Å². The van der Waals surface area contributed by atoms with Gasteiger partial charge in [0.25, 0.3) is 11.8 Å². The van der Waals surface area contributed by atoms with Gasteiger partial charge < -0.3 is 19.9 Å². The number of ether oxygens (including phenoxy) is 1. The largest absolute Gasteiger partial charge is 0.489 e. The number of carbonyl (C=O) groups is 4. The summed E-state index contributed by atoms with van der Waals surface area (Å²) in [5.41, 5.74) is 2.55. The van der Waals surface area contributed by atoms with E-state index >= 15 is 4.39 Å². The van der Waals surface area contributed by atoms with Crippen molar-refractivity contribution in [3.63, 3.8) is 0 Å². The highest BCUT2D eigenvalue weighted by Gasteiger charge is 2.64. The fraction of sp³-hybridized carbons (Fsp3) is 0.500. The number of nitrogens with one attached hydrogen (secondary N) is 2. The van der Waals surface area contributed by atoms with E-state index in [0.29, 0.717) is 51.9 Å². The Balaban J connectivity index is 0.802. The fourth-order valence-corrected chi connectivity index (χ4v) is 9.75. The van der Waals surface area contributed by atoms with Crippen LogP contribution in [0.1, 0.15) is 98.2 Å². The number of hydrogen-bond donors (Lipinski definition) is 2. The molecule has 1 aromatic heterocycles. The first kappa shape index (κ1) is 41.1. The molecule has 3 aliphatic heterocycles. The lowest BCUT2D eigenvalue weighted by molar-refractivity contribution is -0.164. The molecular weight excluding hydrogens is 761 g/mol. The molecule has 4 heterocycles. The van der Waals surface area contributed by atoms with Crippen molar-refractivity contribution in [3.05, 3.63) is 93.3 Å². The molecule has 1 atom stereocenters.